The summed E-state index contributed by atoms with van der Waals surface area (Å²) in [6.07, 6.45) is 1.96. The van der Waals surface area contributed by atoms with Gasteiger partial charge in [0.15, 0.2) is 0 Å². The highest BCUT2D eigenvalue weighted by molar-refractivity contribution is 7.21. The van der Waals surface area contributed by atoms with Crippen LogP contribution in [0, 0.1) is 20.8 Å². The molecule has 5 aromatic rings. The lowest BCUT2D eigenvalue weighted by molar-refractivity contribution is 0.0956. The molecule has 0 radical (unpaired) electrons. The molecule has 0 unspecified atom stereocenters. The molecule has 0 aliphatic rings. The Balaban J connectivity index is 1.34. The van der Waals surface area contributed by atoms with Crippen LogP contribution < -0.4 is 11.1 Å². The van der Waals surface area contributed by atoms with E-state index in [1.54, 1.807) is 0 Å². The molecule has 0 saturated heterocycles. The van der Waals surface area contributed by atoms with E-state index in [1.807, 2.05) is 32.2 Å². The number of nitrogens with one attached hydrogen (secondary N) is 2. The molecule has 3 heterocycles. The highest BCUT2D eigenvalue weighted by Crippen LogP contribution is 2.35. The van der Waals surface area contributed by atoms with Crippen LogP contribution in [0.25, 0.3) is 32.2 Å². The first-order chi connectivity index (χ1) is 15.4. The highest BCUT2D eigenvalue weighted by Gasteiger charge is 2.19. The van der Waals surface area contributed by atoms with Gasteiger partial charge in [-0.2, -0.15) is 5.10 Å². The number of H-pyrrole nitrogens is 1. The summed E-state index contributed by atoms with van der Waals surface area (Å²) in [7, 11) is 0. The SMILES string of the molecule is Cc1nnc2sc(C(=O)NCc3ccc(-c4ccc5[nH]ccc5c4C)cc3)c(N)c2c1C. The van der Waals surface area contributed by atoms with Gasteiger partial charge < -0.3 is 16.0 Å². The molecule has 4 N–H and O–H groups in total. The molecule has 0 fully saturated rings. The number of benzene rings is 2. The molecular weight excluding hydrogens is 418 g/mol. The van der Waals surface area contributed by atoms with Gasteiger partial charge in [-0.05, 0) is 60.7 Å². The zero-order valence-electron chi connectivity index (χ0n) is 18.1. The summed E-state index contributed by atoms with van der Waals surface area (Å²) >= 11 is 1.28. The van der Waals surface area contributed by atoms with Gasteiger partial charge in [-0.25, -0.2) is 0 Å². The zero-order valence-corrected chi connectivity index (χ0v) is 18.9. The minimum atomic E-state index is -0.194. The summed E-state index contributed by atoms with van der Waals surface area (Å²) in [5.74, 6) is -0.194. The van der Waals surface area contributed by atoms with Crippen LogP contribution in [0.3, 0.4) is 0 Å². The quantitative estimate of drug-likeness (QED) is 0.354. The number of amides is 1. The third-order valence-corrected chi connectivity index (χ3v) is 7.15. The fraction of sp³-hybridized carbons (Fsp3) is 0.160. The van der Waals surface area contributed by atoms with Crippen LogP contribution in [0.2, 0.25) is 0 Å². The van der Waals surface area contributed by atoms with Crippen LogP contribution in [0.1, 0.15) is 32.1 Å². The fourth-order valence-corrected chi connectivity index (χ4v) is 5.09. The molecule has 0 bridgehead atoms. The Hall–Kier alpha value is -3.71. The first-order valence-corrected chi connectivity index (χ1v) is 11.2. The number of carbonyl (C=O) groups is 1. The summed E-state index contributed by atoms with van der Waals surface area (Å²) in [6.45, 7) is 6.41. The Morgan fingerprint density at radius 1 is 1.03 bits per heavy atom. The number of fused-ring (bicyclic) bond motifs is 2. The molecule has 1 amide bonds. The average molecular weight is 442 g/mol. The molecule has 3 aromatic heterocycles. The Morgan fingerprint density at radius 2 is 1.81 bits per heavy atom. The number of rotatable bonds is 4. The first-order valence-electron chi connectivity index (χ1n) is 10.4. The Labute approximate surface area is 189 Å². The number of thiophene rings is 1. The zero-order chi connectivity index (χ0) is 22.4. The van der Waals surface area contributed by atoms with E-state index in [4.69, 9.17) is 5.73 Å². The molecule has 0 spiro atoms. The van der Waals surface area contributed by atoms with Gasteiger partial charge in [-0.3, -0.25) is 4.79 Å². The predicted octanol–water partition coefficient (Wildman–Crippen LogP) is 5.28. The van der Waals surface area contributed by atoms with Crippen molar-refractivity contribution in [1.29, 1.82) is 0 Å². The monoisotopic (exact) mass is 441 g/mol. The van der Waals surface area contributed by atoms with Gasteiger partial charge in [0.2, 0.25) is 0 Å². The van der Waals surface area contributed by atoms with E-state index in [2.05, 4.69) is 57.8 Å². The second kappa shape index (κ2) is 7.76. The summed E-state index contributed by atoms with van der Waals surface area (Å²) in [5.41, 5.74) is 14.3. The van der Waals surface area contributed by atoms with E-state index >= 15 is 0 Å². The second-order valence-corrected chi connectivity index (χ2v) is 8.99. The third-order valence-electron chi connectivity index (χ3n) is 6.06. The molecule has 32 heavy (non-hydrogen) atoms. The van der Waals surface area contributed by atoms with Gasteiger partial charge in [-0.15, -0.1) is 16.4 Å². The maximum absolute atomic E-state index is 12.8. The molecule has 2 aromatic carbocycles. The second-order valence-electron chi connectivity index (χ2n) is 7.99. The van der Waals surface area contributed by atoms with E-state index in [0.717, 1.165) is 33.3 Å². The van der Waals surface area contributed by atoms with E-state index in [0.29, 0.717) is 21.9 Å². The lowest BCUT2D eigenvalue weighted by Crippen LogP contribution is -2.22. The summed E-state index contributed by atoms with van der Waals surface area (Å²) in [6, 6.07) is 14.6. The van der Waals surface area contributed by atoms with Crippen LogP contribution in [0.5, 0.6) is 0 Å². The maximum atomic E-state index is 12.8. The molecule has 6 nitrogen and oxygen atoms in total. The fourth-order valence-electron chi connectivity index (χ4n) is 4.07. The van der Waals surface area contributed by atoms with E-state index in [9.17, 15) is 4.79 Å². The van der Waals surface area contributed by atoms with Crippen molar-refractivity contribution in [2.45, 2.75) is 27.3 Å². The van der Waals surface area contributed by atoms with Crippen LogP contribution >= 0.6 is 11.3 Å². The molecule has 0 aliphatic heterocycles. The average Bonchev–Trinajstić information content (AvgIpc) is 3.41. The number of aryl methyl sites for hydroxylation is 3. The smallest absolute Gasteiger partial charge is 0.263 e. The molecule has 0 atom stereocenters. The van der Waals surface area contributed by atoms with Crippen molar-refractivity contribution < 1.29 is 4.79 Å². The standard InChI is InChI=1S/C25H23N5OS/c1-13-15(3)29-30-25-21(13)22(26)23(32-25)24(31)28-12-16-4-6-17(7-5-16)18-8-9-20-19(14(18)2)10-11-27-20/h4-11,27H,12,26H2,1-3H3,(H,28,31). The lowest BCUT2D eigenvalue weighted by atomic mass is 9.97. The van der Waals surface area contributed by atoms with Gasteiger partial charge in [0, 0.05) is 29.0 Å². The Bertz CT molecular complexity index is 1480. The van der Waals surface area contributed by atoms with Crippen molar-refractivity contribution in [3.8, 4) is 11.1 Å². The summed E-state index contributed by atoms with van der Waals surface area (Å²) in [5, 5.41) is 13.4. The van der Waals surface area contributed by atoms with Crippen molar-refractivity contribution >= 4 is 44.1 Å². The maximum Gasteiger partial charge on any atom is 0.263 e. The predicted molar refractivity (Wildman–Crippen MR) is 131 cm³/mol. The number of aromatic amines is 1. The molecule has 5 rings (SSSR count). The Kier molecular flexibility index (Phi) is 4.90. The Morgan fingerprint density at radius 3 is 2.59 bits per heavy atom. The summed E-state index contributed by atoms with van der Waals surface area (Å²) < 4.78 is 0. The summed E-state index contributed by atoms with van der Waals surface area (Å²) in [4.78, 5) is 17.2. The van der Waals surface area contributed by atoms with Gasteiger partial charge >= 0.3 is 0 Å². The number of hydrogen-bond acceptors (Lipinski definition) is 5. The van der Waals surface area contributed by atoms with E-state index < -0.39 is 0 Å². The van der Waals surface area contributed by atoms with Gasteiger partial charge in [0.1, 0.15) is 9.71 Å². The molecule has 160 valence electrons. The van der Waals surface area contributed by atoms with Crippen LogP contribution in [-0.4, -0.2) is 21.1 Å². The van der Waals surface area contributed by atoms with Crippen LogP contribution in [-0.2, 0) is 6.54 Å². The number of nitrogens with zero attached hydrogens (tertiary/aromatic N) is 2. The highest BCUT2D eigenvalue weighted by atomic mass is 32.1. The number of hydrogen-bond donors (Lipinski definition) is 3. The van der Waals surface area contributed by atoms with Crippen LogP contribution in [0.15, 0.2) is 48.7 Å². The van der Waals surface area contributed by atoms with Gasteiger partial charge in [0.05, 0.1) is 11.4 Å². The number of aromatic nitrogens is 3. The topological polar surface area (TPSA) is 96.7 Å². The molecule has 0 saturated carbocycles. The molecular formula is C25H23N5OS. The van der Waals surface area contributed by atoms with Gasteiger partial charge in [0.25, 0.3) is 5.91 Å². The first kappa shape index (κ1) is 20.2. The van der Waals surface area contributed by atoms with Crippen molar-refractivity contribution in [3.63, 3.8) is 0 Å². The number of carbonyl (C=O) groups excluding carboxylic acids is 1. The van der Waals surface area contributed by atoms with Crippen LogP contribution in [0.4, 0.5) is 5.69 Å². The molecule has 0 aliphatic carbocycles. The third kappa shape index (κ3) is 3.31. The van der Waals surface area contributed by atoms with E-state index in [-0.39, 0.29) is 5.91 Å². The minimum absolute atomic E-state index is 0.194. The number of anilines is 1. The van der Waals surface area contributed by atoms with E-state index in [1.165, 1.54) is 27.8 Å². The largest absolute Gasteiger partial charge is 0.397 e. The normalized spacial score (nSPS) is 11.3. The number of nitrogens with two attached hydrogens (primary N) is 1. The van der Waals surface area contributed by atoms with Crippen molar-refractivity contribution in [1.82, 2.24) is 20.5 Å². The van der Waals surface area contributed by atoms with Crippen molar-refractivity contribution in [2.75, 3.05) is 5.73 Å². The van der Waals surface area contributed by atoms with Crippen molar-refractivity contribution in [3.05, 3.63) is 75.9 Å². The minimum Gasteiger partial charge on any atom is -0.397 e. The number of nitrogen functional groups attached to an aromatic ring is 1. The van der Waals surface area contributed by atoms with Crippen molar-refractivity contribution in [2.24, 2.45) is 0 Å². The van der Waals surface area contributed by atoms with Gasteiger partial charge in [-0.1, -0.05) is 30.3 Å². The molecule has 7 heteroatoms. The lowest BCUT2D eigenvalue weighted by Gasteiger charge is -2.09.